The fourth-order valence-electron chi connectivity index (χ4n) is 3.83. The zero-order chi connectivity index (χ0) is 21.5. The molecular formula is C25H17FN2O2S. The lowest BCUT2D eigenvalue weighted by Crippen LogP contribution is -2.31. The Kier molecular flexibility index (Phi) is 4.71. The van der Waals surface area contributed by atoms with Gasteiger partial charge in [-0.2, -0.15) is 0 Å². The number of aryl methyl sites for hydroxylation is 1. The predicted molar refractivity (Wildman–Crippen MR) is 121 cm³/mol. The second-order valence-electron chi connectivity index (χ2n) is 7.19. The molecule has 2 heterocycles. The lowest BCUT2D eigenvalue weighted by molar-refractivity contribution is -0.119. The van der Waals surface area contributed by atoms with Crippen molar-refractivity contribution in [3.05, 3.63) is 101 Å². The molecule has 0 aliphatic carbocycles. The zero-order valence-corrected chi connectivity index (χ0v) is 17.4. The molecule has 6 heteroatoms. The average Bonchev–Trinajstić information content (AvgIpc) is 3.24. The number of rotatable bonds is 4. The summed E-state index contributed by atoms with van der Waals surface area (Å²) in [4.78, 5) is 28.7. The van der Waals surface area contributed by atoms with Crippen molar-refractivity contribution in [2.24, 2.45) is 7.05 Å². The number of amides is 2. The Morgan fingerprint density at radius 2 is 1.48 bits per heavy atom. The van der Waals surface area contributed by atoms with Gasteiger partial charge in [0.1, 0.15) is 5.82 Å². The van der Waals surface area contributed by atoms with Crippen LogP contribution in [0, 0.1) is 5.82 Å². The summed E-state index contributed by atoms with van der Waals surface area (Å²) >= 11 is 0.992. The van der Waals surface area contributed by atoms with Crippen molar-refractivity contribution in [2.45, 2.75) is 4.90 Å². The normalized spacial score (nSPS) is 14.2. The van der Waals surface area contributed by atoms with Crippen molar-refractivity contribution in [3.63, 3.8) is 0 Å². The maximum atomic E-state index is 14.4. The number of fused-ring (bicyclic) bond motifs is 1. The van der Waals surface area contributed by atoms with Gasteiger partial charge < -0.3 is 4.57 Å². The summed E-state index contributed by atoms with van der Waals surface area (Å²) in [5.41, 5.74) is 2.38. The number of anilines is 1. The van der Waals surface area contributed by atoms with Crippen LogP contribution in [0.3, 0.4) is 0 Å². The first-order valence-corrected chi connectivity index (χ1v) is 10.5. The van der Waals surface area contributed by atoms with E-state index in [0.717, 1.165) is 22.7 Å². The van der Waals surface area contributed by atoms with E-state index >= 15 is 0 Å². The fraction of sp³-hybridized carbons (Fsp3) is 0.0400. The lowest BCUT2D eigenvalue weighted by Gasteiger charge is -2.14. The maximum absolute atomic E-state index is 14.4. The molecule has 1 aromatic heterocycles. The number of benzene rings is 3. The van der Waals surface area contributed by atoms with E-state index in [1.54, 1.807) is 42.5 Å². The first kappa shape index (κ1) is 19.3. The molecular weight excluding hydrogens is 411 g/mol. The van der Waals surface area contributed by atoms with E-state index in [1.165, 1.54) is 11.0 Å². The Morgan fingerprint density at radius 1 is 0.806 bits per heavy atom. The van der Waals surface area contributed by atoms with E-state index in [0.29, 0.717) is 21.7 Å². The topological polar surface area (TPSA) is 42.3 Å². The minimum atomic E-state index is -0.451. The summed E-state index contributed by atoms with van der Waals surface area (Å²) in [6.45, 7) is 0. The summed E-state index contributed by atoms with van der Waals surface area (Å²) < 4.78 is 16.3. The Hall–Kier alpha value is -3.64. The van der Waals surface area contributed by atoms with Gasteiger partial charge in [0.25, 0.3) is 11.8 Å². The molecule has 0 fully saturated rings. The molecule has 5 rings (SSSR count). The van der Waals surface area contributed by atoms with E-state index in [2.05, 4.69) is 0 Å². The molecule has 4 nitrogen and oxygen atoms in total. The first-order chi connectivity index (χ1) is 15.1. The largest absolute Gasteiger partial charge is 0.350 e. The third kappa shape index (κ3) is 3.16. The number of hydrogen-bond donors (Lipinski definition) is 0. The Labute approximate surface area is 182 Å². The molecule has 1 aliphatic heterocycles. The minimum Gasteiger partial charge on any atom is -0.350 e. The van der Waals surface area contributed by atoms with Crippen LogP contribution in [0.5, 0.6) is 0 Å². The Bertz CT molecular complexity index is 1370. The van der Waals surface area contributed by atoms with Crippen LogP contribution in [-0.2, 0) is 16.6 Å². The van der Waals surface area contributed by atoms with Crippen LogP contribution >= 0.6 is 11.8 Å². The van der Waals surface area contributed by atoms with Crippen LogP contribution in [-0.4, -0.2) is 16.4 Å². The molecule has 0 bridgehead atoms. The molecule has 0 atom stereocenters. The van der Waals surface area contributed by atoms with Crippen molar-refractivity contribution in [2.75, 3.05) is 4.90 Å². The van der Waals surface area contributed by atoms with Gasteiger partial charge in [-0.3, -0.25) is 9.59 Å². The second-order valence-corrected chi connectivity index (χ2v) is 8.24. The Morgan fingerprint density at radius 3 is 2.26 bits per heavy atom. The number of hydrogen-bond acceptors (Lipinski definition) is 3. The highest BCUT2D eigenvalue weighted by Crippen LogP contribution is 2.43. The molecule has 0 unspecified atom stereocenters. The van der Waals surface area contributed by atoms with Crippen LogP contribution in [0.4, 0.5) is 10.1 Å². The highest BCUT2D eigenvalue weighted by molar-refractivity contribution is 8.04. The number of halogens is 1. The molecule has 0 N–H and O–H groups in total. The molecule has 1 aliphatic rings. The van der Waals surface area contributed by atoms with Gasteiger partial charge in [-0.05, 0) is 30.3 Å². The van der Waals surface area contributed by atoms with Crippen LogP contribution in [0.15, 0.2) is 94.9 Å². The van der Waals surface area contributed by atoms with Gasteiger partial charge in [-0.25, -0.2) is 9.29 Å². The SMILES string of the molecule is Cn1cc(C2=C(Sc3ccccc3F)C(=O)N(c3ccccc3)C2=O)c2ccccc21. The highest BCUT2D eigenvalue weighted by atomic mass is 32.2. The third-order valence-corrected chi connectivity index (χ3v) is 6.40. The predicted octanol–water partition coefficient (Wildman–Crippen LogP) is 5.39. The van der Waals surface area contributed by atoms with Gasteiger partial charge in [0.15, 0.2) is 0 Å². The number of thioether (sulfide) groups is 1. The molecule has 0 radical (unpaired) electrons. The summed E-state index contributed by atoms with van der Waals surface area (Å²) in [7, 11) is 1.90. The number of carbonyl (C=O) groups excluding carboxylic acids is 2. The summed E-state index contributed by atoms with van der Waals surface area (Å²) in [5, 5.41) is 0.864. The van der Waals surface area contributed by atoms with Gasteiger partial charge in [-0.1, -0.05) is 60.3 Å². The fourth-order valence-corrected chi connectivity index (χ4v) is 4.84. The molecule has 4 aromatic rings. The van der Waals surface area contributed by atoms with Gasteiger partial charge >= 0.3 is 0 Å². The van der Waals surface area contributed by atoms with Crippen molar-refractivity contribution in [1.82, 2.24) is 4.57 Å². The monoisotopic (exact) mass is 428 g/mol. The quantitative estimate of drug-likeness (QED) is 0.409. The van der Waals surface area contributed by atoms with Crippen LogP contribution in [0.25, 0.3) is 16.5 Å². The molecule has 31 heavy (non-hydrogen) atoms. The molecule has 2 amide bonds. The molecule has 3 aromatic carbocycles. The standard InChI is InChI=1S/C25H17FN2O2S/c1-27-15-18(17-11-5-7-13-20(17)27)22-23(31-21-14-8-6-12-19(21)26)25(30)28(24(22)29)16-9-3-2-4-10-16/h2-15H,1H3. The number of para-hydroxylation sites is 2. The Balaban J connectivity index is 1.73. The average molecular weight is 428 g/mol. The van der Waals surface area contributed by atoms with Crippen LogP contribution in [0.2, 0.25) is 0 Å². The second kappa shape index (κ2) is 7.56. The van der Waals surface area contributed by atoms with Crippen LogP contribution < -0.4 is 4.90 Å². The number of nitrogens with zero attached hydrogens (tertiary/aromatic N) is 2. The number of imide groups is 1. The van der Waals surface area contributed by atoms with E-state index < -0.39 is 17.6 Å². The summed E-state index contributed by atoms with van der Waals surface area (Å²) in [6, 6.07) is 22.8. The van der Waals surface area contributed by atoms with Crippen molar-refractivity contribution in [3.8, 4) is 0 Å². The first-order valence-electron chi connectivity index (χ1n) is 9.71. The summed E-state index contributed by atoms with van der Waals surface area (Å²) in [5.74, 6) is -1.30. The number of carbonyl (C=O) groups is 2. The zero-order valence-electron chi connectivity index (χ0n) is 16.6. The minimum absolute atomic E-state index is 0.218. The van der Waals surface area contributed by atoms with Crippen molar-refractivity contribution >= 4 is 45.7 Å². The molecule has 0 saturated carbocycles. The van der Waals surface area contributed by atoms with E-state index in [-0.39, 0.29) is 4.91 Å². The van der Waals surface area contributed by atoms with Gasteiger partial charge in [0.05, 0.1) is 16.2 Å². The molecule has 0 saturated heterocycles. The van der Waals surface area contributed by atoms with Crippen LogP contribution in [0.1, 0.15) is 5.56 Å². The third-order valence-electron chi connectivity index (χ3n) is 5.27. The van der Waals surface area contributed by atoms with E-state index in [1.807, 2.05) is 48.1 Å². The van der Waals surface area contributed by atoms with Gasteiger partial charge in [0, 0.05) is 34.6 Å². The smallest absolute Gasteiger partial charge is 0.272 e. The molecule has 152 valence electrons. The van der Waals surface area contributed by atoms with E-state index in [4.69, 9.17) is 0 Å². The summed E-state index contributed by atoms with van der Waals surface area (Å²) in [6.07, 6.45) is 1.85. The van der Waals surface area contributed by atoms with Gasteiger partial charge in [0.2, 0.25) is 0 Å². The van der Waals surface area contributed by atoms with Crippen molar-refractivity contribution in [1.29, 1.82) is 0 Å². The van der Waals surface area contributed by atoms with E-state index in [9.17, 15) is 14.0 Å². The molecule has 0 spiro atoms. The van der Waals surface area contributed by atoms with Crippen molar-refractivity contribution < 1.29 is 14.0 Å². The van der Waals surface area contributed by atoms with Gasteiger partial charge in [-0.15, -0.1) is 0 Å². The lowest BCUT2D eigenvalue weighted by atomic mass is 10.1. The number of aromatic nitrogens is 1. The highest BCUT2D eigenvalue weighted by Gasteiger charge is 2.41. The maximum Gasteiger partial charge on any atom is 0.272 e.